The van der Waals surface area contributed by atoms with Crippen molar-refractivity contribution in [2.45, 2.75) is 61.3 Å². The normalized spacial score (nSPS) is 17.3. The summed E-state index contributed by atoms with van der Waals surface area (Å²) in [5, 5.41) is 0. The van der Waals surface area contributed by atoms with Crippen LogP contribution in [-0.2, 0) is 22.7 Å². The quantitative estimate of drug-likeness (QED) is 0.395. The SMILES string of the molecule is CC(C)Oc1cc2c(cc1S(=O)(=O)c1ccc(N3CCC(c4ccc(F)cc4)CC3)cc1)CCN(C)CC2. The molecular formula is C31H37FN2O3S. The number of halogens is 1. The van der Waals surface area contributed by atoms with E-state index >= 15 is 0 Å². The number of fused-ring (bicyclic) bond motifs is 1. The van der Waals surface area contributed by atoms with E-state index in [0.717, 1.165) is 63.1 Å². The summed E-state index contributed by atoms with van der Waals surface area (Å²) < 4.78 is 47.0. The summed E-state index contributed by atoms with van der Waals surface area (Å²) in [4.78, 5) is 5.10. The molecule has 5 nitrogen and oxygen atoms in total. The molecule has 7 heteroatoms. The van der Waals surface area contributed by atoms with E-state index in [2.05, 4.69) is 16.8 Å². The van der Waals surface area contributed by atoms with Crippen LogP contribution in [0.2, 0.25) is 0 Å². The Morgan fingerprint density at radius 3 is 2.08 bits per heavy atom. The highest BCUT2D eigenvalue weighted by Gasteiger charge is 2.27. The monoisotopic (exact) mass is 536 g/mol. The third-order valence-electron chi connectivity index (χ3n) is 7.79. The molecule has 0 amide bonds. The van der Waals surface area contributed by atoms with E-state index in [1.54, 1.807) is 12.1 Å². The number of likely N-dealkylation sites (N-methyl/N-ethyl adjacent to an activating group) is 1. The summed E-state index contributed by atoms with van der Waals surface area (Å²) in [6, 6.07) is 17.9. The van der Waals surface area contributed by atoms with Gasteiger partial charge in [-0.1, -0.05) is 12.1 Å². The van der Waals surface area contributed by atoms with Gasteiger partial charge in [0.1, 0.15) is 16.5 Å². The molecule has 0 aliphatic carbocycles. The Kier molecular flexibility index (Phi) is 7.78. The smallest absolute Gasteiger partial charge is 0.210 e. The zero-order valence-corrected chi connectivity index (χ0v) is 23.3. The molecule has 1 fully saturated rings. The minimum absolute atomic E-state index is 0.129. The molecule has 0 bridgehead atoms. The van der Waals surface area contributed by atoms with Gasteiger partial charge in [0.25, 0.3) is 0 Å². The largest absolute Gasteiger partial charge is 0.490 e. The van der Waals surface area contributed by atoms with Crippen molar-refractivity contribution in [3.63, 3.8) is 0 Å². The van der Waals surface area contributed by atoms with Gasteiger partial charge in [0.15, 0.2) is 0 Å². The van der Waals surface area contributed by atoms with E-state index in [1.165, 1.54) is 23.3 Å². The third-order valence-corrected chi connectivity index (χ3v) is 9.58. The van der Waals surface area contributed by atoms with E-state index < -0.39 is 9.84 Å². The first-order valence-corrected chi connectivity index (χ1v) is 15.1. The summed E-state index contributed by atoms with van der Waals surface area (Å²) in [6.07, 6.45) is 3.53. The highest BCUT2D eigenvalue weighted by molar-refractivity contribution is 7.91. The average molecular weight is 537 g/mol. The van der Waals surface area contributed by atoms with Gasteiger partial charge in [0.05, 0.1) is 11.0 Å². The molecule has 0 aromatic heterocycles. The van der Waals surface area contributed by atoms with E-state index in [1.807, 2.05) is 50.2 Å². The van der Waals surface area contributed by atoms with E-state index in [0.29, 0.717) is 11.7 Å². The maximum atomic E-state index is 13.9. The summed E-state index contributed by atoms with van der Waals surface area (Å²) in [5.74, 6) is 0.650. The number of nitrogens with zero attached hydrogens (tertiary/aromatic N) is 2. The van der Waals surface area contributed by atoms with Crippen molar-refractivity contribution in [2.24, 2.45) is 0 Å². The van der Waals surface area contributed by atoms with E-state index in [-0.39, 0.29) is 21.7 Å². The highest BCUT2D eigenvalue weighted by Crippen LogP contribution is 2.36. The Morgan fingerprint density at radius 1 is 0.868 bits per heavy atom. The molecule has 0 atom stereocenters. The van der Waals surface area contributed by atoms with Crippen LogP contribution in [0.25, 0.3) is 0 Å². The van der Waals surface area contributed by atoms with Crippen LogP contribution in [0.4, 0.5) is 10.1 Å². The topological polar surface area (TPSA) is 49.9 Å². The first-order valence-electron chi connectivity index (χ1n) is 13.6. The second kappa shape index (κ2) is 11.1. The van der Waals surface area contributed by atoms with Crippen molar-refractivity contribution in [2.75, 3.05) is 38.1 Å². The zero-order chi connectivity index (χ0) is 26.9. The summed E-state index contributed by atoms with van der Waals surface area (Å²) in [5.41, 5.74) is 4.46. The lowest BCUT2D eigenvalue weighted by Gasteiger charge is -2.34. The number of piperidine rings is 1. The fourth-order valence-corrected chi connectivity index (χ4v) is 6.99. The average Bonchev–Trinajstić information content (AvgIpc) is 3.09. The molecule has 0 saturated carbocycles. The van der Waals surface area contributed by atoms with Crippen LogP contribution in [-0.4, -0.2) is 52.6 Å². The van der Waals surface area contributed by atoms with Gasteiger partial charge in [0.2, 0.25) is 9.84 Å². The van der Waals surface area contributed by atoms with Crippen molar-refractivity contribution in [3.05, 3.63) is 83.2 Å². The van der Waals surface area contributed by atoms with Crippen LogP contribution in [0, 0.1) is 5.82 Å². The Morgan fingerprint density at radius 2 is 1.47 bits per heavy atom. The fourth-order valence-electron chi connectivity index (χ4n) is 5.57. The number of ether oxygens (including phenoxy) is 1. The Balaban J connectivity index is 1.36. The molecule has 2 heterocycles. The van der Waals surface area contributed by atoms with Crippen molar-refractivity contribution in [1.29, 1.82) is 0 Å². The Labute approximate surface area is 226 Å². The van der Waals surface area contributed by atoms with Gasteiger partial charge < -0.3 is 14.5 Å². The van der Waals surface area contributed by atoms with Gasteiger partial charge in [-0.2, -0.15) is 0 Å². The number of anilines is 1. The summed E-state index contributed by atoms with van der Waals surface area (Å²) in [6.45, 7) is 7.44. The van der Waals surface area contributed by atoms with Crippen LogP contribution >= 0.6 is 0 Å². The lowest BCUT2D eigenvalue weighted by Crippen LogP contribution is -2.32. The number of sulfone groups is 1. The molecule has 2 aliphatic heterocycles. The number of rotatable bonds is 6. The molecule has 2 aliphatic rings. The van der Waals surface area contributed by atoms with Gasteiger partial charge in [0, 0.05) is 31.9 Å². The van der Waals surface area contributed by atoms with Gasteiger partial charge in [-0.15, -0.1) is 0 Å². The lowest BCUT2D eigenvalue weighted by atomic mass is 9.89. The maximum absolute atomic E-state index is 13.9. The van der Waals surface area contributed by atoms with Crippen LogP contribution in [0.15, 0.2) is 70.5 Å². The molecule has 1 saturated heterocycles. The van der Waals surface area contributed by atoms with Gasteiger partial charge >= 0.3 is 0 Å². The summed E-state index contributed by atoms with van der Waals surface area (Å²) in [7, 11) is -1.66. The molecule has 0 unspecified atom stereocenters. The highest BCUT2D eigenvalue weighted by atomic mass is 32.2. The second-order valence-electron chi connectivity index (χ2n) is 10.8. The predicted molar refractivity (Wildman–Crippen MR) is 150 cm³/mol. The van der Waals surface area contributed by atoms with Crippen molar-refractivity contribution >= 4 is 15.5 Å². The van der Waals surface area contributed by atoms with Gasteiger partial charge in [-0.3, -0.25) is 0 Å². The van der Waals surface area contributed by atoms with Gasteiger partial charge in [-0.25, -0.2) is 12.8 Å². The van der Waals surface area contributed by atoms with E-state index in [4.69, 9.17) is 4.74 Å². The maximum Gasteiger partial charge on any atom is 0.210 e. The van der Waals surface area contributed by atoms with Crippen LogP contribution in [0.1, 0.15) is 49.3 Å². The Hall–Kier alpha value is -2.90. The molecular weight excluding hydrogens is 499 g/mol. The molecule has 0 radical (unpaired) electrons. The third kappa shape index (κ3) is 5.74. The number of benzene rings is 3. The van der Waals surface area contributed by atoms with Crippen molar-refractivity contribution in [1.82, 2.24) is 4.90 Å². The summed E-state index contributed by atoms with van der Waals surface area (Å²) >= 11 is 0. The first kappa shape index (κ1) is 26.7. The second-order valence-corrected chi connectivity index (χ2v) is 12.8. The van der Waals surface area contributed by atoms with Crippen LogP contribution < -0.4 is 9.64 Å². The fraction of sp³-hybridized carbons (Fsp3) is 0.419. The molecule has 5 rings (SSSR count). The standard InChI is InChI=1S/C31H37FN2O3S/c1-22(2)37-30-20-25-12-16-33(3)17-13-26(25)21-31(30)38(35,36)29-10-8-28(9-11-29)34-18-14-24(15-19-34)23-4-6-27(32)7-5-23/h4-11,20-22,24H,12-19H2,1-3H3. The Bertz CT molecular complexity index is 1360. The van der Waals surface area contributed by atoms with Crippen molar-refractivity contribution < 1.29 is 17.5 Å². The molecule has 0 N–H and O–H groups in total. The first-order chi connectivity index (χ1) is 18.2. The predicted octanol–water partition coefficient (Wildman–Crippen LogP) is 5.86. The zero-order valence-electron chi connectivity index (χ0n) is 22.5. The number of hydrogen-bond acceptors (Lipinski definition) is 5. The molecule has 0 spiro atoms. The molecule has 3 aromatic rings. The van der Waals surface area contributed by atoms with Crippen LogP contribution in [0.3, 0.4) is 0 Å². The molecule has 202 valence electrons. The molecule has 3 aromatic carbocycles. The van der Waals surface area contributed by atoms with E-state index in [9.17, 15) is 12.8 Å². The van der Waals surface area contributed by atoms with Crippen molar-refractivity contribution in [3.8, 4) is 5.75 Å². The lowest BCUT2D eigenvalue weighted by molar-refractivity contribution is 0.235. The minimum Gasteiger partial charge on any atom is -0.490 e. The number of hydrogen-bond donors (Lipinski definition) is 0. The van der Waals surface area contributed by atoms with Gasteiger partial charge in [-0.05, 0) is 118 Å². The molecule has 38 heavy (non-hydrogen) atoms. The minimum atomic E-state index is -3.76. The van der Waals surface area contributed by atoms with Crippen LogP contribution in [0.5, 0.6) is 5.75 Å².